The van der Waals surface area contributed by atoms with Crippen LogP contribution in [0.5, 0.6) is 0 Å². The Hall–Kier alpha value is -4.50. The van der Waals surface area contributed by atoms with Crippen LogP contribution in [0.3, 0.4) is 0 Å². The summed E-state index contributed by atoms with van der Waals surface area (Å²) in [7, 11) is 1.36. The Morgan fingerprint density at radius 3 is 2.46 bits per heavy atom. The third-order valence-electron chi connectivity index (χ3n) is 5.85. The molecule has 1 N–H and O–H groups in total. The molecule has 1 atom stereocenters. The molecule has 0 saturated heterocycles. The van der Waals surface area contributed by atoms with Crippen LogP contribution < -0.4 is 5.32 Å². The first-order chi connectivity index (χ1) is 17.9. The highest BCUT2D eigenvalue weighted by Gasteiger charge is 2.20. The van der Waals surface area contributed by atoms with Gasteiger partial charge in [0.1, 0.15) is 22.5 Å². The molecule has 0 spiro atoms. The monoisotopic (exact) mass is 513 g/mol. The van der Waals surface area contributed by atoms with E-state index in [2.05, 4.69) is 15.5 Å². The fourth-order valence-corrected chi connectivity index (χ4v) is 4.87. The SMILES string of the molecule is COC(=O)c1ccc2nc(-c3ccc(-c4onc(C)c4NC(=O)O[C@H](C)c4ccccc4)cc3)sc2c1. The van der Waals surface area contributed by atoms with Crippen molar-refractivity contribution in [3.8, 4) is 21.9 Å². The van der Waals surface area contributed by atoms with E-state index in [-0.39, 0.29) is 5.97 Å². The van der Waals surface area contributed by atoms with Crippen molar-refractivity contribution in [1.29, 1.82) is 0 Å². The number of aryl methyl sites for hydroxylation is 1. The van der Waals surface area contributed by atoms with Crippen LogP contribution >= 0.6 is 11.3 Å². The number of nitrogens with zero attached hydrogens (tertiary/aromatic N) is 2. The first-order valence-corrected chi connectivity index (χ1v) is 12.3. The molecule has 5 aromatic rings. The van der Waals surface area contributed by atoms with Crippen molar-refractivity contribution in [2.45, 2.75) is 20.0 Å². The smallest absolute Gasteiger partial charge is 0.412 e. The van der Waals surface area contributed by atoms with Crippen molar-refractivity contribution in [1.82, 2.24) is 10.1 Å². The van der Waals surface area contributed by atoms with Gasteiger partial charge in [-0.05, 0) is 37.6 Å². The lowest BCUT2D eigenvalue weighted by atomic mass is 10.1. The lowest BCUT2D eigenvalue weighted by molar-refractivity contribution is 0.0601. The van der Waals surface area contributed by atoms with E-state index in [1.165, 1.54) is 18.4 Å². The number of amides is 1. The Balaban J connectivity index is 1.34. The van der Waals surface area contributed by atoms with Gasteiger partial charge >= 0.3 is 12.1 Å². The number of hydrogen-bond donors (Lipinski definition) is 1. The predicted molar refractivity (Wildman–Crippen MR) is 142 cm³/mol. The first-order valence-electron chi connectivity index (χ1n) is 11.5. The van der Waals surface area contributed by atoms with Crippen molar-refractivity contribution in [3.05, 3.63) is 89.6 Å². The summed E-state index contributed by atoms with van der Waals surface area (Å²) in [5.41, 5.74) is 4.82. The number of ether oxygens (including phenoxy) is 2. The molecule has 0 aliphatic carbocycles. The van der Waals surface area contributed by atoms with E-state index in [0.717, 1.165) is 31.9 Å². The molecule has 0 radical (unpaired) electrons. The van der Waals surface area contributed by atoms with Gasteiger partial charge in [-0.15, -0.1) is 11.3 Å². The van der Waals surface area contributed by atoms with E-state index in [9.17, 15) is 9.59 Å². The van der Waals surface area contributed by atoms with Crippen LogP contribution in [0.15, 0.2) is 77.3 Å². The fourth-order valence-electron chi connectivity index (χ4n) is 3.86. The Bertz CT molecular complexity index is 1570. The number of carbonyl (C=O) groups excluding carboxylic acids is 2. The normalized spacial score (nSPS) is 11.8. The minimum absolute atomic E-state index is 0.383. The molecule has 2 aromatic heterocycles. The molecule has 0 aliphatic rings. The standard InChI is InChI=1S/C28H23N3O5S/c1-16-24(30-28(33)35-17(2)18-7-5-4-6-8-18)25(36-31-16)19-9-11-20(12-10-19)26-29-22-14-13-21(27(32)34-3)15-23(22)37-26/h4-15,17H,1-3H3,(H,30,33)/t17-/m1/s1. The number of nitrogens with one attached hydrogen (secondary N) is 1. The van der Waals surface area contributed by atoms with Gasteiger partial charge in [-0.2, -0.15) is 0 Å². The number of anilines is 1. The number of rotatable bonds is 6. The van der Waals surface area contributed by atoms with E-state index >= 15 is 0 Å². The number of fused-ring (bicyclic) bond motifs is 1. The van der Waals surface area contributed by atoms with Gasteiger partial charge in [-0.1, -0.05) is 59.8 Å². The molecule has 8 nitrogen and oxygen atoms in total. The van der Waals surface area contributed by atoms with Crippen molar-refractivity contribution < 1.29 is 23.6 Å². The van der Waals surface area contributed by atoms with Crippen LogP contribution in [-0.2, 0) is 9.47 Å². The number of esters is 1. The quantitative estimate of drug-likeness (QED) is 0.243. The zero-order valence-corrected chi connectivity index (χ0v) is 21.2. The second-order valence-corrected chi connectivity index (χ2v) is 9.36. The molecule has 3 aromatic carbocycles. The maximum absolute atomic E-state index is 12.6. The Morgan fingerprint density at radius 1 is 1.00 bits per heavy atom. The molecule has 0 unspecified atom stereocenters. The summed E-state index contributed by atoms with van der Waals surface area (Å²) in [5, 5.41) is 7.62. The Kier molecular flexibility index (Phi) is 6.70. The average molecular weight is 514 g/mol. The van der Waals surface area contributed by atoms with Gasteiger partial charge in [0, 0.05) is 11.1 Å². The fraction of sp³-hybridized carbons (Fsp3) is 0.143. The summed E-state index contributed by atoms with van der Waals surface area (Å²) in [6.45, 7) is 3.56. The van der Waals surface area contributed by atoms with Crippen molar-refractivity contribution >= 4 is 39.3 Å². The zero-order valence-electron chi connectivity index (χ0n) is 20.3. The van der Waals surface area contributed by atoms with Crippen LogP contribution in [0, 0.1) is 6.92 Å². The van der Waals surface area contributed by atoms with Crippen LogP contribution in [0.2, 0.25) is 0 Å². The summed E-state index contributed by atoms with van der Waals surface area (Å²) in [6.07, 6.45) is -1.01. The second kappa shape index (κ2) is 10.2. The lowest BCUT2D eigenvalue weighted by Gasteiger charge is -2.14. The summed E-state index contributed by atoms with van der Waals surface area (Å²) in [6, 6.07) is 22.4. The molecule has 0 bridgehead atoms. The van der Waals surface area contributed by atoms with Crippen LogP contribution in [0.4, 0.5) is 10.5 Å². The summed E-state index contributed by atoms with van der Waals surface area (Å²) in [4.78, 5) is 29.1. The number of aromatic nitrogens is 2. The highest BCUT2D eigenvalue weighted by Crippen LogP contribution is 2.35. The van der Waals surface area contributed by atoms with Crippen LogP contribution in [0.25, 0.3) is 32.1 Å². The highest BCUT2D eigenvalue weighted by molar-refractivity contribution is 7.21. The molecule has 2 heterocycles. The van der Waals surface area contributed by atoms with Crippen molar-refractivity contribution in [3.63, 3.8) is 0 Å². The van der Waals surface area contributed by atoms with Crippen molar-refractivity contribution in [2.75, 3.05) is 12.4 Å². The molecule has 0 aliphatic heterocycles. The van der Waals surface area contributed by atoms with Gasteiger partial charge in [0.05, 0.1) is 22.9 Å². The van der Waals surface area contributed by atoms with Gasteiger partial charge in [0.2, 0.25) is 0 Å². The van der Waals surface area contributed by atoms with E-state index < -0.39 is 12.2 Å². The minimum Gasteiger partial charge on any atom is -0.465 e. The third kappa shape index (κ3) is 5.07. The number of carbonyl (C=O) groups is 2. The lowest BCUT2D eigenvalue weighted by Crippen LogP contribution is -2.16. The highest BCUT2D eigenvalue weighted by atomic mass is 32.1. The van der Waals surface area contributed by atoms with E-state index in [1.807, 2.05) is 67.6 Å². The first kappa shape index (κ1) is 24.2. The van der Waals surface area contributed by atoms with E-state index in [1.54, 1.807) is 19.1 Å². The molecule has 37 heavy (non-hydrogen) atoms. The van der Waals surface area contributed by atoms with E-state index in [4.69, 9.17) is 14.0 Å². The number of hydrogen-bond acceptors (Lipinski definition) is 8. The predicted octanol–water partition coefficient (Wildman–Crippen LogP) is 7.02. The van der Waals surface area contributed by atoms with E-state index in [0.29, 0.717) is 22.7 Å². The Morgan fingerprint density at radius 2 is 1.73 bits per heavy atom. The molecule has 9 heteroatoms. The maximum Gasteiger partial charge on any atom is 0.412 e. The molecule has 1 amide bonds. The van der Waals surface area contributed by atoms with Crippen LogP contribution in [0.1, 0.15) is 34.6 Å². The zero-order chi connectivity index (χ0) is 25.9. The molecule has 0 saturated carbocycles. The van der Waals surface area contributed by atoms with Gasteiger partial charge in [0.25, 0.3) is 0 Å². The summed E-state index contributed by atoms with van der Waals surface area (Å²) < 4.78 is 16.8. The topological polar surface area (TPSA) is 104 Å². The maximum atomic E-state index is 12.6. The van der Waals surface area contributed by atoms with Gasteiger partial charge in [-0.3, -0.25) is 5.32 Å². The largest absolute Gasteiger partial charge is 0.465 e. The van der Waals surface area contributed by atoms with Crippen molar-refractivity contribution in [2.24, 2.45) is 0 Å². The molecule has 0 fully saturated rings. The number of methoxy groups -OCH3 is 1. The van der Waals surface area contributed by atoms with Gasteiger partial charge in [0.15, 0.2) is 5.76 Å². The van der Waals surface area contributed by atoms with Gasteiger partial charge in [-0.25, -0.2) is 14.6 Å². The molecular weight excluding hydrogens is 490 g/mol. The van der Waals surface area contributed by atoms with Gasteiger partial charge < -0.3 is 14.0 Å². The molecule has 186 valence electrons. The molecule has 5 rings (SSSR count). The minimum atomic E-state index is -0.596. The second-order valence-electron chi connectivity index (χ2n) is 8.33. The number of benzene rings is 3. The summed E-state index contributed by atoms with van der Waals surface area (Å²) in [5.74, 6) is 0.0479. The Labute approximate surface area is 216 Å². The molecular formula is C28H23N3O5S. The summed E-state index contributed by atoms with van der Waals surface area (Å²) >= 11 is 1.49. The average Bonchev–Trinajstić information content (AvgIpc) is 3.51. The number of thiazole rings is 1. The van der Waals surface area contributed by atoms with Crippen LogP contribution in [-0.4, -0.2) is 29.3 Å². The third-order valence-corrected chi connectivity index (χ3v) is 6.91.